The number of ether oxygens (including phenoxy) is 1. The number of hydrogen-bond donors (Lipinski definition) is 0. The lowest BCUT2D eigenvalue weighted by molar-refractivity contribution is 0.149. The topological polar surface area (TPSA) is 102 Å². The van der Waals surface area contributed by atoms with E-state index in [1.807, 2.05) is 42.5 Å². The molecule has 0 aliphatic carbocycles. The van der Waals surface area contributed by atoms with Gasteiger partial charge < -0.3 is 4.74 Å². The summed E-state index contributed by atoms with van der Waals surface area (Å²) in [5, 5.41) is 13.7. The Morgan fingerprint density at radius 3 is 2.53 bits per heavy atom. The summed E-state index contributed by atoms with van der Waals surface area (Å²) >= 11 is 0. The van der Waals surface area contributed by atoms with Gasteiger partial charge in [0.15, 0.2) is 5.65 Å². The molecule has 0 unspecified atom stereocenters. The van der Waals surface area contributed by atoms with E-state index in [-0.39, 0.29) is 6.61 Å². The van der Waals surface area contributed by atoms with Gasteiger partial charge in [-0.2, -0.15) is 5.26 Å². The molecule has 2 aromatic heterocycles. The molecule has 8 nitrogen and oxygen atoms in total. The molecule has 0 N–H and O–H groups in total. The van der Waals surface area contributed by atoms with Gasteiger partial charge in [-0.15, -0.1) is 9.78 Å². The number of nitriles is 1. The van der Waals surface area contributed by atoms with Crippen molar-refractivity contribution in [2.45, 2.75) is 40.0 Å². The molecule has 2 heterocycles. The molecule has 4 rings (SSSR count). The molecule has 4 aromatic rings. The van der Waals surface area contributed by atoms with E-state index in [0.29, 0.717) is 23.5 Å². The average molecular weight is 456 g/mol. The molecule has 34 heavy (non-hydrogen) atoms. The van der Waals surface area contributed by atoms with E-state index in [0.717, 1.165) is 45.5 Å². The van der Waals surface area contributed by atoms with E-state index >= 15 is 0 Å². The van der Waals surface area contributed by atoms with Gasteiger partial charge in [0.05, 0.1) is 18.2 Å². The van der Waals surface area contributed by atoms with E-state index in [9.17, 15) is 14.9 Å². The first-order valence-corrected chi connectivity index (χ1v) is 11.2. The molecule has 0 radical (unpaired) electrons. The van der Waals surface area contributed by atoms with E-state index in [1.165, 1.54) is 4.40 Å². The van der Waals surface area contributed by atoms with Crippen LogP contribution >= 0.6 is 0 Å². The minimum absolute atomic E-state index is 0.144. The van der Waals surface area contributed by atoms with Crippen molar-refractivity contribution in [3.63, 3.8) is 0 Å². The predicted octanol–water partition coefficient (Wildman–Crippen LogP) is 4.29. The summed E-state index contributed by atoms with van der Waals surface area (Å²) in [6.45, 7) is 5.62. The normalized spacial score (nSPS) is 10.9. The molecule has 0 bridgehead atoms. The molecule has 0 spiro atoms. The zero-order valence-corrected chi connectivity index (χ0v) is 19.4. The molecule has 0 saturated carbocycles. The number of fused-ring (bicyclic) bond motifs is 1. The maximum absolute atomic E-state index is 12.9. The number of hydrogen-bond acceptors (Lipinski definition) is 6. The van der Waals surface area contributed by atoms with Crippen LogP contribution in [0.1, 0.15) is 48.5 Å². The number of carbonyl (C=O) groups excluding carboxylic acids is 1. The zero-order valence-electron chi connectivity index (χ0n) is 19.4. The van der Waals surface area contributed by atoms with E-state index in [1.54, 1.807) is 19.9 Å². The van der Waals surface area contributed by atoms with Gasteiger partial charge in [-0.1, -0.05) is 55.8 Å². The van der Waals surface area contributed by atoms with Crippen LogP contribution < -0.4 is 5.69 Å². The Bertz CT molecular complexity index is 1460. The molecular weight excluding hydrogens is 430 g/mol. The van der Waals surface area contributed by atoms with Crippen LogP contribution in [-0.4, -0.2) is 31.9 Å². The second kappa shape index (κ2) is 9.71. The molecule has 0 aliphatic rings. The summed E-state index contributed by atoms with van der Waals surface area (Å²) in [5.74, 6) is 0.478. The predicted molar refractivity (Wildman–Crippen MR) is 128 cm³/mol. The van der Waals surface area contributed by atoms with Gasteiger partial charge in [-0.25, -0.2) is 19.0 Å². The number of carbonyl (C=O) groups is 1. The van der Waals surface area contributed by atoms with Crippen molar-refractivity contribution in [1.29, 1.82) is 5.26 Å². The lowest BCUT2D eigenvalue weighted by Gasteiger charge is -2.12. The first-order valence-electron chi connectivity index (χ1n) is 11.2. The van der Waals surface area contributed by atoms with Gasteiger partial charge >= 0.3 is 11.8 Å². The first-order chi connectivity index (χ1) is 16.5. The molecule has 8 heteroatoms. The standard InChI is InChI=1S/C26H25N5O3/c1-4-8-23-22(24-29-31(26(33)34-5-2)25(32)30(24)17(3)28-23)15-18-11-13-19(14-12-18)21-10-7-6-9-20(21)16-27/h6-7,9-14H,4-5,8,15H2,1-3H3. The van der Waals surface area contributed by atoms with Gasteiger partial charge in [-0.3, -0.25) is 0 Å². The quantitative estimate of drug-likeness (QED) is 0.430. The van der Waals surface area contributed by atoms with Crippen molar-refractivity contribution in [3.05, 3.63) is 87.2 Å². The SMILES string of the molecule is CCCc1nc(C)n2c(=O)n(C(=O)OCC)nc2c1Cc1ccc(-c2ccccc2C#N)cc1. The van der Waals surface area contributed by atoms with Crippen molar-refractivity contribution in [3.8, 4) is 17.2 Å². The third-order valence-corrected chi connectivity index (χ3v) is 5.64. The number of aryl methyl sites for hydroxylation is 2. The first kappa shape index (κ1) is 22.9. The van der Waals surface area contributed by atoms with Gasteiger partial charge in [0.25, 0.3) is 0 Å². The van der Waals surface area contributed by atoms with Crippen LogP contribution in [0.15, 0.2) is 53.3 Å². The summed E-state index contributed by atoms with van der Waals surface area (Å²) in [4.78, 5) is 29.8. The number of benzene rings is 2. The van der Waals surface area contributed by atoms with Gasteiger partial charge in [-0.05, 0) is 43.0 Å². The summed E-state index contributed by atoms with van der Waals surface area (Å²) in [5.41, 5.74) is 4.92. The summed E-state index contributed by atoms with van der Waals surface area (Å²) in [7, 11) is 0. The Morgan fingerprint density at radius 1 is 1.12 bits per heavy atom. The van der Waals surface area contributed by atoms with Crippen molar-refractivity contribution in [1.82, 2.24) is 19.2 Å². The van der Waals surface area contributed by atoms with Crippen molar-refractivity contribution >= 4 is 11.7 Å². The van der Waals surface area contributed by atoms with Gasteiger partial charge in [0.1, 0.15) is 5.82 Å². The number of nitrogens with zero attached hydrogens (tertiary/aromatic N) is 5. The summed E-state index contributed by atoms with van der Waals surface area (Å²) < 4.78 is 7.12. The highest BCUT2D eigenvalue weighted by molar-refractivity contribution is 5.71. The second-order valence-corrected chi connectivity index (χ2v) is 7.92. The van der Waals surface area contributed by atoms with Crippen molar-refractivity contribution < 1.29 is 9.53 Å². The maximum Gasteiger partial charge on any atom is 0.439 e. The van der Waals surface area contributed by atoms with Crippen LogP contribution in [0.4, 0.5) is 4.79 Å². The Morgan fingerprint density at radius 2 is 1.85 bits per heavy atom. The van der Waals surface area contributed by atoms with Crippen LogP contribution in [0.5, 0.6) is 0 Å². The number of rotatable bonds is 6. The van der Waals surface area contributed by atoms with Crippen molar-refractivity contribution in [2.24, 2.45) is 0 Å². The molecule has 0 atom stereocenters. The second-order valence-electron chi connectivity index (χ2n) is 7.92. The van der Waals surface area contributed by atoms with E-state index in [2.05, 4.69) is 23.1 Å². The molecule has 2 aromatic carbocycles. The molecule has 0 fully saturated rings. The highest BCUT2D eigenvalue weighted by Gasteiger charge is 2.22. The van der Waals surface area contributed by atoms with Crippen LogP contribution in [0.2, 0.25) is 0 Å². The highest BCUT2D eigenvalue weighted by Crippen LogP contribution is 2.25. The van der Waals surface area contributed by atoms with Crippen LogP contribution in [-0.2, 0) is 17.6 Å². The monoisotopic (exact) mass is 455 g/mol. The lowest BCUT2D eigenvalue weighted by atomic mass is 9.97. The molecular formula is C26H25N5O3. The van der Waals surface area contributed by atoms with Crippen LogP contribution in [0.3, 0.4) is 0 Å². The van der Waals surface area contributed by atoms with Crippen LogP contribution in [0.25, 0.3) is 16.8 Å². The minimum Gasteiger partial charge on any atom is -0.448 e. The molecule has 0 aliphatic heterocycles. The molecule has 0 amide bonds. The van der Waals surface area contributed by atoms with E-state index in [4.69, 9.17) is 4.74 Å². The van der Waals surface area contributed by atoms with Gasteiger partial charge in [0, 0.05) is 17.7 Å². The number of aromatic nitrogens is 4. The zero-order chi connectivity index (χ0) is 24.2. The van der Waals surface area contributed by atoms with E-state index < -0.39 is 11.8 Å². The largest absolute Gasteiger partial charge is 0.448 e. The van der Waals surface area contributed by atoms with Gasteiger partial charge in [0.2, 0.25) is 0 Å². The summed E-state index contributed by atoms with van der Waals surface area (Å²) in [6, 6.07) is 17.7. The fourth-order valence-corrected chi connectivity index (χ4v) is 4.06. The fraction of sp³-hybridized carbons (Fsp3) is 0.269. The third-order valence-electron chi connectivity index (χ3n) is 5.64. The Hall–Kier alpha value is -4.25. The maximum atomic E-state index is 12.9. The van der Waals surface area contributed by atoms with Crippen LogP contribution in [0, 0.1) is 18.3 Å². The average Bonchev–Trinajstić information content (AvgIpc) is 3.20. The smallest absolute Gasteiger partial charge is 0.439 e. The Kier molecular flexibility index (Phi) is 6.55. The fourth-order valence-electron chi connectivity index (χ4n) is 4.06. The Balaban J connectivity index is 1.79. The summed E-state index contributed by atoms with van der Waals surface area (Å²) in [6.07, 6.45) is 1.29. The molecule has 0 saturated heterocycles. The highest BCUT2D eigenvalue weighted by atomic mass is 16.6. The van der Waals surface area contributed by atoms with Crippen molar-refractivity contribution in [2.75, 3.05) is 6.61 Å². The minimum atomic E-state index is -0.806. The molecule has 172 valence electrons. The third kappa shape index (κ3) is 4.20. The Labute approximate surface area is 197 Å². The lowest BCUT2D eigenvalue weighted by Crippen LogP contribution is -2.29.